The van der Waals surface area contributed by atoms with E-state index in [1.54, 1.807) is 0 Å². The monoisotopic (exact) mass is 276 g/mol. The third-order valence-corrected chi connectivity index (χ3v) is 4.31. The standard InChI is InChI=1S/C17H28N2O/c1-4-15-12-19(10-11-20-15)17(16(18)5-2)14-8-6-13(3)7-9-14/h6-9,15-17H,4-5,10-12,18H2,1-3H3. The van der Waals surface area contributed by atoms with Crippen LogP contribution in [0.15, 0.2) is 24.3 Å². The van der Waals surface area contributed by atoms with Crippen LogP contribution in [0.25, 0.3) is 0 Å². The molecule has 3 nitrogen and oxygen atoms in total. The van der Waals surface area contributed by atoms with E-state index in [0.29, 0.717) is 12.1 Å². The Bertz CT molecular complexity index is 404. The van der Waals surface area contributed by atoms with Crippen LogP contribution in [0.1, 0.15) is 43.9 Å². The molecule has 3 unspecified atom stereocenters. The fourth-order valence-electron chi connectivity index (χ4n) is 2.96. The van der Waals surface area contributed by atoms with E-state index in [2.05, 4.69) is 49.9 Å². The maximum Gasteiger partial charge on any atom is 0.0700 e. The van der Waals surface area contributed by atoms with Crippen LogP contribution in [0.2, 0.25) is 0 Å². The molecular formula is C17H28N2O. The molecule has 0 amide bonds. The third kappa shape index (κ3) is 3.60. The van der Waals surface area contributed by atoms with Gasteiger partial charge in [-0.05, 0) is 25.3 Å². The van der Waals surface area contributed by atoms with Crippen molar-refractivity contribution in [2.45, 2.75) is 51.8 Å². The molecule has 2 N–H and O–H groups in total. The lowest BCUT2D eigenvalue weighted by Gasteiger charge is -2.40. The highest BCUT2D eigenvalue weighted by atomic mass is 16.5. The van der Waals surface area contributed by atoms with Crippen molar-refractivity contribution in [3.8, 4) is 0 Å². The second-order valence-electron chi connectivity index (χ2n) is 5.82. The fourth-order valence-corrected chi connectivity index (χ4v) is 2.96. The van der Waals surface area contributed by atoms with Gasteiger partial charge in [-0.2, -0.15) is 0 Å². The lowest BCUT2D eigenvalue weighted by Crippen LogP contribution is -2.49. The van der Waals surface area contributed by atoms with Crippen LogP contribution >= 0.6 is 0 Å². The van der Waals surface area contributed by atoms with E-state index in [0.717, 1.165) is 32.5 Å². The van der Waals surface area contributed by atoms with Crippen molar-refractivity contribution in [2.24, 2.45) is 5.73 Å². The molecule has 0 bridgehead atoms. The summed E-state index contributed by atoms with van der Waals surface area (Å²) in [6.45, 7) is 9.27. The molecule has 2 rings (SSSR count). The van der Waals surface area contributed by atoms with E-state index in [-0.39, 0.29) is 6.04 Å². The minimum absolute atomic E-state index is 0.174. The van der Waals surface area contributed by atoms with Crippen molar-refractivity contribution in [3.63, 3.8) is 0 Å². The van der Waals surface area contributed by atoms with Crippen LogP contribution in [0.4, 0.5) is 0 Å². The molecule has 1 aliphatic heterocycles. The second kappa shape index (κ2) is 7.21. The summed E-state index contributed by atoms with van der Waals surface area (Å²) in [4.78, 5) is 2.51. The number of morpholine rings is 1. The topological polar surface area (TPSA) is 38.5 Å². The molecule has 0 aliphatic carbocycles. The average molecular weight is 276 g/mol. The molecule has 1 fully saturated rings. The van der Waals surface area contributed by atoms with Gasteiger partial charge in [0.15, 0.2) is 0 Å². The maximum atomic E-state index is 6.42. The number of nitrogens with zero attached hydrogens (tertiary/aromatic N) is 1. The minimum Gasteiger partial charge on any atom is -0.376 e. The number of nitrogens with two attached hydrogens (primary N) is 1. The molecule has 1 aromatic rings. The Balaban J connectivity index is 2.20. The van der Waals surface area contributed by atoms with Gasteiger partial charge in [0, 0.05) is 19.1 Å². The number of benzene rings is 1. The van der Waals surface area contributed by atoms with Crippen molar-refractivity contribution in [3.05, 3.63) is 35.4 Å². The zero-order valence-corrected chi connectivity index (χ0v) is 13.0. The first-order valence-electron chi connectivity index (χ1n) is 7.83. The van der Waals surface area contributed by atoms with Gasteiger partial charge in [-0.25, -0.2) is 0 Å². The van der Waals surface area contributed by atoms with Crippen molar-refractivity contribution in [1.82, 2.24) is 4.90 Å². The van der Waals surface area contributed by atoms with Gasteiger partial charge in [0.25, 0.3) is 0 Å². The lowest BCUT2D eigenvalue weighted by molar-refractivity contribution is -0.0486. The van der Waals surface area contributed by atoms with E-state index in [4.69, 9.17) is 10.5 Å². The predicted octanol–water partition coefficient (Wildman–Crippen LogP) is 2.88. The molecule has 0 aromatic heterocycles. The number of hydrogen-bond acceptors (Lipinski definition) is 3. The summed E-state index contributed by atoms with van der Waals surface area (Å²) >= 11 is 0. The molecule has 0 saturated carbocycles. The molecule has 1 saturated heterocycles. The predicted molar refractivity (Wildman–Crippen MR) is 83.8 cm³/mol. The van der Waals surface area contributed by atoms with E-state index < -0.39 is 0 Å². The number of hydrogen-bond donors (Lipinski definition) is 1. The Hall–Kier alpha value is -0.900. The van der Waals surface area contributed by atoms with E-state index in [1.807, 2.05) is 0 Å². The van der Waals surface area contributed by atoms with Crippen molar-refractivity contribution in [2.75, 3.05) is 19.7 Å². The molecule has 0 radical (unpaired) electrons. The molecule has 3 heteroatoms. The Morgan fingerprint density at radius 1 is 1.30 bits per heavy atom. The SMILES string of the molecule is CCC1CN(C(c2ccc(C)cc2)C(N)CC)CCO1. The summed E-state index contributed by atoms with van der Waals surface area (Å²) in [5.74, 6) is 0. The highest BCUT2D eigenvalue weighted by molar-refractivity contribution is 5.25. The van der Waals surface area contributed by atoms with Crippen LogP contribution in [-0.2, 0) is 4.74 Å². The summed E-state index contributed by atoms with van der Waals surface area (Å²) in [6, 6.07) is 9.30. The van der Waals surface area contributed by atoms with Crippen molar-refractivity contribution < 1.29 is 4.74 Å². The fraction of sp³-hybridized carbons (Fsp3) is 0.647. The van der Waals surface area contributed by atoms with Crippen molar-refractivity contribution >= 4 is 0 Å². The van der Waals surface area contributed by atoms with Crippen LogP contribution in [-0.4, -0.2) is 36.7 Å². The Kier molecular flexibility index (Phi) is 5.58. The molecule has 1 heterocycles. The quantitative estimate of drug-likeness (QED) is 0.898. The van der Waals surface area contributed by atoms with Gasteiger partial charge in [0.2, 0.25) is 0 Å². The van der Waals surface area contributed by atoms with Gasteiger partial charge in [0.05, 0.1) is 18.8 Å². The summed E-state index contributed by atoms with van der Waals surface area (Å²) < 4.78 is 5.79. The molecule has 3 atom stereocenters. The summed E-state index contributed by atoms with van der Waals surface area (Å²) in [5.41, 5.74) is 9.05. The number of rotatable bonds is 5. The Morgan fingerprint density at radius 3 is 2.60 bits per heavy atom. The molecule has 0 spiro atoms. The van der Waals surface area contributed by atoms with E-state index in [1.165, 1.54) is 11.1 Å². The normalized spacial score (nSPS) is 23.5. The molecule has 1 aromatic carbocycles. The van der Waals surface area contributed by atoms with Gasteiger partial charge >= 0.3 is 0 Å². The number of aryl methyl sites for hydroxylation is 1. The van der Waals surface area contributed by atoms with Crippen LogP contribution in [0.5, 0.6) is 0 Å². The smallest absolute Gasteiger partial charge is 0.0700 e. The van der Waals surface area contributed by atoms with Crippen molar-refractivity contribution in [1.29, 1.82) is 0 Å². The lowest BCUT2D eigenvalue weighted by atomic mass is 9.94. The van der Waals surface area contributed by atoms with Gasteiger partial charge in [0.1, 0.15) is 0 Å². The second-order valence-corrected chi connectivity index (χ2v) is 5.82. The van der Waals surface area contributed by atoms with Gasteiger partial charge in [-0.3, -0.25) is 4.90 Å². The summed E-state index contributed by atoms with van der Waals surface area (Å²) in [7, 11) is 0. The van der Waals surface area contributed by atoms with E-state index in [9.17, 15) is 0 Å². The summed E-state index contributed by atoms with van der Waals surface area (Å²) in [5, 5.41) is 0. The first-order valence-corrected chi connectivity index (χ1v) is 7.83. The largest absolute Gasteiger partial charge is 0.376 e. The van der Waals surface area contributed by atoms with E-state index >= 15 is 0 Å². The van der Waals surface area contributed by atoms with Crippen LogP contribution < -0.4 is 5.73 Å². The minimum atomic E-state index is 0.174. The summed E-state index contributed by atoms with van der Waals surface area (Å²) in [6.07, 6.45) is 2.41. The van der Waals surface area contributed by atoms with Gasteiger partial charge in [-0.1, -0.05) is 43.7 Å². The molecule has 112 valence electrons. The molecular weight excluding hydrogens is 248 g/mol. The zero-order chi connectivity index (χ0) is 14.5. The van der Waals surface area contributed by atoms with Gasteiger partial charge < -0.3 is 10.5 Å². The van der Waals surface area contributed by atoms with Gasteiger partial charge in [-0.15, -0.1) is 0 Å². The number of ether oxygens (including phenoxy) is 1. The maximum absolute atomic E-state index is 6.42. The van der Waals surface area contributed by atoms with Crippen LogP contribution in [0, 0.1) is 6.92 Å². The first kappa shape index (κ1) is 15.5. The Morgan fingerprint density at radius 2 is 2.00 bits per heavy atom. The van der Waals surface area contributed by atoms with Crippen LogP contribution in [0.3, 0.4) is 0 Å². The molecule has 20 heavy (non-hydrogen) atoms. The Labute approximate surface area is 123 Å². The first-order chi connectivity index (χ1) is 9.65. The highest BCUT2D eigenvalue weighted by Gasteiger charge is 2.29. The average Bonchev–Trinajstić information content (AvgIpc) is 2.49. The zero-order valence-electron chi connectivity index (χ0n) is 13.0. The third-order valence-electron chi connectivity index (χ3n) is 4.31. The highest BCUT2D eigenvalue weighted by Crippen LogP contribution is 2.27. The molecule has 1 aliphatic rings.